The Bertz CT molecular complexity index is 1240. The molecule has 3 aromatic rings. The second-order valence-corrected chi connectivity index (χ2v) is 10.8. The molecule has 1 N–H and O–H groups in total. The van der Waals surface area contributed by atoms with Crippen molar-refractivity contribution in [2.24, 2.45) is 0 Å². The van der Waals surface area contributed by atoms with E-state index in [0.29, 0.717) is 11.6 Å². The summed E-state index contributed by atoms with van der Waals surface area (Å²) >= 11 is 0. The maximum absolute atomic E-state index is 12.7. The van der Waals surface area contributed by atoms with Crippen LogP contribution in [0.3, 0.4) is 0 Å². The van der Waals surface area contributed by atoms with E-state index in [4.69, 9.17) is 0 Å². The predicted octanol–water partition coefficient (Wildman–Crippen LogP) is 5.76. The first-order chi connectivity index (χ1) is 17.1. The molecule has 0 aliphatic carbocycles. The molecular weight excluding hydrogens is 489 g/mol. The minimum Gasteiger partial charge on any atom is -0.406 e. The lowest BCUT2D eigenvalue weighted by atomic mass is 10.0. The van der Waals surface area contributed by atoms with Gasteiger partial charge in [-0.3, -0.25) is 0 Å². The highest BCUT2D eigenvalue weighted by Gasteiger charge is 2.31. The van der Waals surface area contributed by atoms with Crippen LogP contribution in [0, 0.1) is 0 Å². The Hall–Kier alpha value is -2.88. The van der Waals surface area contributed by atoms with E-state index in [1.807, 2.05) is 0 Å². The van der Waals surface area contributed by atoms with Crippen molar-refractivity contribution in [2.75, 3.05) is 13.1 Å². The van der Waals surface area contributed by atoms with Crippen LogP contribution in [-0.4, -0.2) is 38.8 Å². The Balaban J connectivity index is 1.33. The standard InChI is InChI=1S/C27H29F3N2O3S/c1-20-3-2-17-32(20)18-16-21-4-8-23(9-5-21)24-10-14-26(15-11-24)36(33,34)31-19-22-6-12-25(13-7-22)35-27(28,29)30/h4-15,20,31H,2-3,16-19H2,1H3. The van der Waals surface area contributed by atoms with E-state index >= 15 is 0 Å². The van der Waals surface area contributed by atoms with Crippen LogP contribution < -0.4 is 9.46 Å². The molecule has 0 radical (unpaired) electrons. The van der Waals surface area contributed by atoms with Gasteiger partial charge >= 0.3 is 6.36 Å². The van der Waals surface area contributed by atoms with Crippen LogP contribution in [0.1, 0.15) is 30.9 Å². The van der Waals surface area contributed by atoms with Crippen molar-refractivity contribution in [3.63, 3.8) is 0 Å². The van der Waals surface area contributed by atoms with Gasteiger partial charge in [0.15, 0.2) is 0 Å². The van der Waals surface area contributed by atoms with E-state index in [-0.39, 0.29) is 17.2 Å². The summed E-state index contributed by atoms with van der Waals surface area (Å²) in [7, 11) is -3.79. The number of hydrogen-bond donors (Lipinski definition) is 1. The third kappa shape index (κ3) is 7.09. The molecule has 1 aliphatic rings. The van der Waals surface area contributed by atoms with Gasteiger partial charge in [0.05, 0.1) is 4.90 Å². The summed E-state index contributed by atoms with van der Waals surface area (Å²) in [6.45, 7) is 4.45. The first-order valence-corrected chi connectivity index (χ1v) is 13.4. The molecule has 3 aromatic carbocycles. The van der Waals surface area contributed by atoms with E-state index < -0.39 is 16.4 Å². The molecule has 36 heavy (non-hydrogen) atoms. The van der Waals surface area contributed by atoms with Crippen LogP contribution in [0.5, 0.6) is 5.75 Å². The maximum atomic E-state index is 12.7. The van der Waals surface area contributed by atoms with E-state index in [1.54, 1.807) is 24.3 Å². The van der Waals surface area contributed by atoms with Crippen molar-refractivity contribution >= 4 is 10.0 Å². The molecule has 1 atom stereocenters. The number of sulfonamides is 1. The molecule has 1 saturated heterocycles. The van der Waals surface area contributed by atoms with E-state index in [2.05, 4.69) is 45.5 Å². The molecule has 0 amide bonds. The van der Waals surface area contributed by atoms with Crippen LogP contribution in [0.4, 0.5) is 13.2 Å². The fraction of sp³-hybridized carbons (Fsp3) is 0.333. The van der Waals surface area contributed by atoms with Gasteiger partial charge in [0.1, 0.15) is 5.75 Å². The van der Waals surface area contributed by atoms with Crippen molar-refractivity contribution in [2.45, 2.75) is 50.0 Å². The fourth-order valence-corrected chi connectivity index (χ4v) is 5.38. The Labute approximate surface area is 210 Å². The van der Waals surface area contributed by atoms with Crippen LogP contribution in [0.15, 0.2) is 77.7 Å². The number of nitrogens with one attached hydrogen (secondary N) is 1. The third-order valence-corrected chi connectivity index (χ3v) is 7.87. The van der Waals surface area contributed by atoms with Crippen LogP contribution in [-0.2, 0) is 23.0 Å². The van der Waals surface area contributed by atoms with Crippen LogP contribution in [0.25, 0.3) is 11.1 Å². The molecule has 5 nitrogen and oxygen atoms in total. The zero-order valence-corrected chi connectivity index (χ0v) is 20.8. The van der Waals surface area contributed by atoms with Crippen molar-refractivity contribution in [1.29, 1.82) is 0 Å². The highest BCUT2D eigenvalue weighted by molar-refractivity contribution is 7.89. The van der Waals surface area contributed by atoms with Gasteiger partial charge in [-0.05, 0) is 79.3 Å². The Kier molecular flexibility index (Phi) is 8.02. The highest BCUT2D eigenvalue weighted by atomic mass is 32.2. The summed E-state index contributed by atoms with van der Waals surface area (Å²) < 4.78 is 68.4. The van der Waals surface area contributed by atoms with Crippen molar-refractivity contribution in [3.8, 4) is 16.9 Å². The summed E-state index contributed by atoms with van der Waals surface area (Å²) in [6, 6.07) is 20.7. The molecule has 1 fully saturated rings. The number of ether oxygens (including phenoxy) is 1. The number of likely N-dealkylation sites (tertiary alicyclic amines) is 1. The second kappa shape index (κ2) is 11.0. The normalized spacial score (nSPS) is 16.8. The third-order valence-electron chi connectivity index (χ3n) is 6.45. The predicted molar refractivity (Wildman–Crippen MR) is 133 cm³/mol. The number of hydrogen-bond acceptors (Lipinski definition) is 4. The molecule has 192 valence electrons. The first-order valence-electron chi connectivity index (χ1n) is 11.9. The Morgan fingerprint density at radius 1 is 0.917 bits per heavy atom. The lowest BCUT2D eigenvalue weighted by molar-refractivity contribution is -0.274. The summed E-state index contributed by atoms with van der Waals surface area (Å²) in [4.78, 5) is 2.64. The molecule has 0 spiro atoms. The zero-order valence-electron chi connectivity index (χ0n) is 20.0. The van der Waals surface area contributed by atoms with E-state index in [1.165, 1.54) is 37.1 Å². The quantitative estimate of drug-likeness (QED) is 0.392. The SMILES string of the molecule is CC1CCCN1CCc1ccc(-c2ccc(S(=O)(=O)NCc3ccc(OC(F)(F)F)cc3)cc2)cc1. The minimum atomic E-state index is -4.77. The van der Waals surface area contributed by atoms with Crippen molar-refractivity contribution in [3.05, 3.63) is 83.9 Å². The van der Waals surface area contributed by atoms with Gasteiger partial charge in [-0.1, -0.05) is 48.5 Å². The number of rotatable bonds is 9. The number of alkyl halides is 3. The van der Waals surface area contributed by atoms with Gasteiger partial charge in [0, 0.05) is 19.1 Å². The Morgan fingerprint density at radius 2 is 1.50 bits per heavy atom. The van der Waals surface area contributed by atoms with Gasteiger partial charge in [-0.2, -0.15) is 0 Å². The fourth-order valence-electron chi connectivity index (χ4n) is 4.36. The molecular formula is C27H29F3N2O3S. The lowest BCUT2D eigenvalue weighted by Gasteiger charge is -2.20. The van der Waals surface area contributed by atoms with Gasteiger partial charge in [0.2, 0.25) is 10.0 Å². The van der Waals surface area contributed by atoms with Gasteiger partial charge in [-0.15, -0.1) is 13.2 Å². The molecule has 1 aliphatic heterocycles. The molecule has 4 rings (SSSR count). The lowest BCUT2D eigenvalue weighted by Crippen LogP contribution is -2.28. The molecule has 9 heteroatoms. The van der Waals surface area contributed by atoms with Crippen molar-refractivity contribution in [1.82, 2.24) is 9.62 Å². The van der Waals surface area contributed by atoms with E-state index in [9.17, 15) is 21.6 Å². The molecule has 0 saturated carbocycles. The summed E-state index contributed by atoms with van der Waals surface area (Å²) in [5.74, 6) is -0.362. The zero-order chi connectivity index (χ0) is 25.8. The Morgan fingerprint density at radius 3 is 2.06 bits per heavy atom. The van der Waals surface area contributed by atoms with Crippen LogP contribution in [0.2, 0.25) is 0 Å². The monoisotopic (exact) mass is 518 g/mol. The van der Waals surface area contributed by atoms with E-state index in [0.717, 1.165) is 36.2 Å². The number of benzene rings is 3. The van der Waals surface area contributed by atoms with Gasteiger partial charge in [-0.25, -0.2) is 13.1 Å². The largest absolute Gasteiger partial charge is 0.573 e. The van der Waals surface area contributed by atoms with Crippen LogP contribution >= 0.6 is 0 Å². The van der Waals surface area contributed by atoms with Gasteiger partial charge < -0.3 is 9.64 Å². The topological polar surface area (TPSA) is 58.6 Å². The maximum Gasteiger partial charge on any atom is 0.573 e. The number of halogens is 3. The number of nitrogens with zero attached hydrogens (tertiary/aromatic N) is 1. The molecule has 0 bridgehead atoms. The molecule has 1 heterocycles. The molecule has 1 unspecified atom stereocenters. The molecule has 0 aromatic heterocycles. The average Bonchev–Trinajstić information content (AvgIpc) is 3.26. The first kappa shape index (κ1) is 26.2. The van der Waals surface area contributed by atoms with Gasteiger partial charge in [0.25, 0.3) is 0 Å². The minimum absolute atomic E-state index is 0.0615. The van der Waals surface area contributed by atoms with Crippen molar-refractivity contribution < 1.29 is 26.3 Å². The summed E-state index contributed by atoms with van der Waals surface area (Å²) in [5, 5.41) is 0. The summed E-state index contributed by atoms with van der Waals surface area (Å²) in [5.41, 5.74) is 3.70. The second-order valence-electron chi connectivity index (χ2n) is 9.01. The smallest absolute Gasteiger partial charge is 0.406 e. The average molecular weight is 519 g/mol. The highest BCUT2D eigenvalue weighted by Crippen LogP contribution is 2.24. The summed E-state index contributed by atoms with van der Waals surface area (Å²) in [6.07, 6.45) is -1.22.